The van der Waals surface area contributed by atoms with E-state index in [1.807, 2.05) is 0 Å². The number of rotatable bonds is 10. The van der Waals surface area contributed by atoms with Crippen molar-refractivity contribution < 1.29 is 0 Å². The highest BCUT2D eigenvalue weighted by atomic mass is 14.4. The van der Waals surface area contributed by atoms with E-state index < -0.39 is 0 Å². The van der Waals surface area contributed by atoms with Crippen LogP contribution in [-0.4, -0.2) is 0 Å². The van der Waals surface area contributed by atoms with Gasteiger partial charge < -0.3 is 0 Å². The predicted molar refractivity (Wildman–Crippen MR) is 204 cm³/mol. The van der Waals surface area contributed by atoms with Gasteiger partial charge in [0.05, 0.1) is 0 Å². The summed E-state index contributed by atoms with van der Waals surface area (Å²) < 4.78 is 0. The number of hydrogen-bond donors (Lipinski definition) is 0. The average Bonchev–Trinajstić information content (AvgIpc) is 2.72. The van der Waals surface area contributed by atoms with E-state index in [0.717, 1.165) is 32.1 Å². The molecule has 0 bridgehead atoms. The van der Waals surface area contributed by atoms with E-state index in [2.05, 4.69) is 175 Å². The van der Waals surface area contributed by atoms with Crippen LogP contribution in [0, 0.1) is 21.7 Å². The fourth-order valence-electron chi connectivity index (χ4n) is 9.47. The monoisotopic (exact) mass is 617 g/mol. The van der Waals surface area contributed by atoms with Crippen molar-refractivity contribution in [3.63, 3.8) is 0 Å². The minimum Gasteiger partial charge on any atom is -0.0601 e. The van der Waals surface area contributed by atoms with Gasteiger partial charge in [-0.15, -0.1) is 0 Å². The second-order valence-electron chi connectivity index (χ2n) is 22.4. The van der Waals surface area contributed by atoms with Crippen molar-refractivity contribution in [2.45, 2.75) is 192 Å². The van der Waals surface area contributed by atoms with Gasteiger partial charge >= 0.3 is 0 Å². The van der Waals surface area contributed by atoms with Crippen LogP contribution < -0.4 is 0 Å². The van der Waals surface area contributed by atoms with Gasteiger partial charge in [0, 0.05) is 0 Å². The molecule has 256 valence electrons. The Kier molecular flexibility index (Phi) is 11.3. The first-order valence-corrected chi connectivity index (χ1v) is 18.0. The van der Waals surface area contributed by atoms with Crippen LogP contribution in [0.2, 0.25) is 0 Å². The second kappa shape index (κ2) is 12.8. The molecule has 2 aromatic rings. The van der Waals surface area contributed by atoms with Crippen molar-refractivity contribution in [3.8, 4) is 0 Å². The maximum absolute atomic E-state index is 2.60. The molecule has 0 saturated heterocycles. The standard InChI is InChI=1S/C45H76/c1-38(2,3)28-42(13,14)34-23-21-32(36(26-34)44(17,18)30-40(7,8)9)25-33-22-24-35(43(15,16)29-39(4,5)6)27-37(33)45(19,20)31-41(10,11)12/h21-24,26-27H,25,28-31H2,1-20H3. The summed E-state index contributed by atoms with van der Waals surface area (Å²) in [5.74, 6) is 0. The number of benzene rings is 2. The van der Waals surface area contributed by atoms with Crippen molar-refractivity contribution in [3.05, 3.63) is 69.8 Å². The Morgan fingerprint density at radius 2 is 0.578 bits per heavy atom. The van der Waals surface area contributed by atoms with E-state index in [-0.39, 0.29) is 43.3 Å². The lowest BCUT2D eigenvalue weighted by atomic mass is 9.66. The molecular weight excluding hydrogens is 540 g/mol. The van der Waals surface area contributed by atoms with Crippen molar-refractivity contribution >= 4 is 0 Å². The molecule has 0 N–H and O–H groups in total. The average molecular weight is 617 g/mol. The molecule has 2 aromatic carbocycles. The van der Waals surface area contributed by atoms with Gasteiger partial charge in [0.2, 0.25) is 0 Å². The molecule has 0 spiro atoms. The summed E-state index contributed by atoms with van der Waals surface area (Å²) in [5, 5.41) is 0. The predicted octanol–water partition coefficient (Wildman–Crippen LogP) is 14.1. The highest BCUT2D eigenvalue weighted by Gasteiger charge is 2.35. The summed E-state index contributed by atoms with van der Waals surface area (Å²) in [6.07, 6.45) is 5.60. The lowest BCUT2D eigenvalue weighted by Crippen LogP contribution is -2.30. The summed E-state index contributed by atoms with van der Waals surface area (Å²) in [6.45, 7) is 48.3. The molecule has 0 fully saturated rings. The Hall–Kier alpha value is -1.56. The molecule has 0 aliphatic rings. The first-order valence-electron chi connectivity index (χ1n) is 18.0. The van der Waals surface area contributed by atoms with Crippen molar-refractivity contribution in [1.29, 1.82) is 0 Å². The Morgan fingerprint density at radius 3 is 0.822 bits per heavy atom. The fraction of sp³-hybridized carbons (Fsp3) is 0.733. The minimum absolute atomic E-state index is 0.0666. The van der Waals surface area contributed by atoms with Crippen LogP contribution in [0.25, 0.3) is 0 Å². The summed E-state index contributed by atoms with van der Waals surface area (Å²) in [5.41, 5.74) is 10.4. The Morgan fingerprint density at radius 1 is 0.333 bits per heavy atom. The van der Waals surface area contributed by atoms with Gasteiger partial charge in [-0.2, -0.15) is 0 Å². The highest BCUT2D eigenvalue weighted by Crippen LogP contribution is 2.45. The summed E-state index contributed by atoms with van der Waals surface area (Å²) in [6, 6.07) is 15.1. The van der Waals surface area contributed by atoms with Crippen molar-refractivity contribution in [1.82, 2.24) is 0 Å². The van der Waals surface area contributed by atoms with Gasteiger partial charge in [-0.1, -0.05) is 175 Å². The van der Waals surface area contributed by atoms with E-state index in [4.69, 9.17) is 0 Å². The third-order valence-electron chi connectivity index (χ3n) is 9.51. The molecular formula is C45H76. The van der Waals surface area contributed by atoms with E-state index in [9.17, 15) is 0 Å². The first kappa shape index (κ1) is 39.6. The first-order chi connectivity index (χ1) is 19.7. The van der Waals surface area contributed by atoms with Gasteiger partial charge in [0.25, 0.3) is 0 Å². The molecule has 0 unspecified atom stereocenters. The van der Waals surface area contributed by atoms with Crippen LogP contribution in [0.5, 0.6) is 0 Å². The van der Waals surface area contributed by atoms with Crippen LogP contribution in [0.15, 0.2) is 36.4 Å². The van der Waals surface area contributed by atoms with Gasteiger partial charge in [-0.25, -0.2) is 0 Å². The summed E-state index contributed by atoms with van der Waals surface area (Å²) >= 11 is 0. The molecule has 0 aromatic heterocycles. The fourth-order valence-corrected chi connectivity index (χ4v) is 9.47. The van der Waals surface area contributed by atoms with Crippen LogP contribution in [0.3, 0.4) is 0 Å². The molecule has 45 heavy (non-hydrogen) atoms. The van der Waals surface area contributed by atoms with E-state index in [1.165, 1.54) is 33.4 Å². The van der Waals surface area contributed by atoms with Crippen LogP contribution in [0.4, 0.5) is 0 Å². The molecule has 0 heterocycles. The normalized spacial score (nSPS) is 14.7. The van der Waals surface area contributed by atoms with Crippen LogP contribution in [0.1, 0.15) is 198 Å². The van der Waals surface area contributed by atoms with E-state index >= 15 is 0 Å². The topological polar surface area (TPSA) is 0 Å². The van der Waals surface area contributed by atoms with Gasteiger partial charge in [0.15, 0.2) is 0 Å². The highest BCUT2D eigenvalue weighted by molar-refractivity contribution is 5.47. The SMILES string of the molecule is CC(C)(C)CC(C)(C)c1ccc(Cc2ccc(C(C)(C)CC(C)(C)C)cc2C(C)(C)CC(C)(C)C)c(C(C)(C)CC(C)(C)C)c1. The Labute approximate surface area is 283 Å². The molecule has 0 nitrogen and oxygen atoms in total. The van der Waals surface area contributed by atoms with Crippen LogP contribution in [-0.2, 0) is 28.1 Å². The number of hydrogen-bond acceptors (Lipinski definition) is 0. The third kappa shape index (κ3) is 11.9. The molecule has 0 aliphatic heterocycles. The quantitative estimate of drug-likeness (QED) is 0.249. The van der Waals surface area contributed by atoms with Gasteiger partial charge in [0.1, 0.15) is 0 Å². The van der Waals surface area contributed by atoms with Gasteiger partial charge in [-0.3, -0.25) is 0 Å². The van der Waals surface area contributed by atoms with E-state index in [0.29, 0.717) is 0 Å². The van der Waals surface area contributed by atoms with Crippen molar-refractivity contribution in [2.24, 2.45) is 21.7 Å². The summed E-state index contributed by atoms with van der Waals surface area (Å²) in [4.78, 5) is 0. The molecule has 0 saturated carbocycles. The van der Waals surface area contributed by atoms with Gasteiger partial charge in [-0.05, 0) is 109 Å². The maximum atomic E-state index is 2.60. The largest absolute Gasteiger partial charge is 0.0601 e. The zero-order valence-electron chi connectivity index (χ0n) is 34.0. The van der Waals surface area contributed by atoms with Crippen molar-refractivity contribution in [2.75, 3.05) is 0 Å². The molecule has 0 aliphatic carbocycles. The zero-order valence-corrected chi connectivity index (χ0v) is 34.0. The lowest BCUT2D eigenvalue weighted by Gasteiger charge is -2.39. The Bertz CT molecular complexity index is 1180. The molecule has 0 heteroatoms. The van der Waals surface area contributed by atoms with E-state index in [1.54, 1.807) is 0 Å². The maximum Gasteiger partial charge on any atom is -0.00199 e. The lowest BCUT2D eigenvalue weighted by molar-refractivity contribution is 0.278. The summed E-state index contributed by atoms with van der Waals surface area (Å²) in [7, 11) is 0. The smallest absolute Gasteiger partial charge is 0.00199 e. The Balaban J connectivity index is 2.83. The molecule has 0 radical (unpaired) electrons. The molecule has 2 rings (SSSR count). The molecule has 0 amide bonds. The molecule has 0 atom stereocenters. The third-order valence-corrected chi connectivity index (χ3v) is 9.51. The zero-order chi connectivity index (χ0) is 35.2. The minimum atomic E-state index is 0.0666. The van der Waals surface area contributed by atoms with Crippen LogP contribution >= 0.6 is 0 Å². The second-order valence-corrected chi connectivity index (χ2v) is 22.4.